The third-order valence-electron chi connectivity index (χ3n) is 2.91. The van der Waals surface area contributed by atoms with E-state index in [1.165, 1.54) is 5.56 Å². The van der Waals surface area contributed by atoms with Crippen molar-refractivity contribution in [1.29, 1.82) is 0 Å². The van der Waals surface area contributed by atoms with Crippen LogP contribution in [0.25, 0.3) is 0 Å². The second-order valence-corrected chi connectivity index (χ2v) is 4.63. The Bertz CT molecular complexity index is 364. The fourth-order valence-corrected chi connectivity index (χ4v) is 2.30. The van der Waals surface area contributed by atoms with Gasteiger partial charge >= 0.3 is 0 Å². The van der Waals surface area contributed by atoms with Crippen LogP contribution in [0.4, 0.5) is 0 Å². The summed E-state index contributed by atoms with van der Waals surface area (Å²) in [6.07, 6.45) is 0. The van der Waals surface area contributed by atoms with Crippen molar-refractivity contribution in [1.82, 2.24) is 10.2 Å². The van der Waals surface area contributed by atoms with Crippen LogP contribution in [-0.4, -0.2) is 37.7 Å². The lowest BCUT2D eigenvalue weighted by Crippen LogP contribution is -2.42. The molecular weight excluding hydrogens is 236 g/mol. The Balaban J connectivity index is 1.98. The van der Waals surface area contributed by atoms with Crippen LogP contribution < -0.4 is 10.1 Å². The average Bonchev–Trinajstić information content (AvgIpc) is 2.34. The lowest BCUT2D eigenvalue weighted by Gasteiger charge is -2.27. The van der Waals surface area contributed by atoms with E-state index < -0.39 is 0 Å². The zero-order valence-electron chi connectivity index (χ0n) is 10.2. The van der Waals surface area contributed by atoms with Gasteiger partial charge in [-0.15, -0.1) is 0 Å². The molecule has 1 aliphatic rings. The Morgan fingerprint density at radius 1 is 1.35 bits per heavy atom. The van der Waals surface area contributed by atoms with Crippen LogP contribution in [0, 0.1) is 0 Å². The van der Waals surface area contributed by atoms with Gasteiger partial charge in [-0.3, -0.25) is 4.90 Å². The molecule has 1 fully saturated rings. The van der Waals surface area contributed by atoms with Crippen LogP contribution in [0.5, 0.6) is 5.75 Å². The van der Waals surface area contributed by atoms with E-state index in [4.69, 9.17) is 16.3 Å². The van der Waals surface area contributed by atoms with Gasteiger partial charge in [0.2, 0.25) is 0 Å². The maximum absolute atomic E-state index is 6.17. The van der Waals surface area contributed by atoms with Crippen LogP contribution in [0.15, 0.2) is 18.2 Å². The fraction of sp³-hybridized carbons (Fsp3) is 0.538. The second-order valence-electron chi connectivity index (χ2n) is 4.22. The van der Waals surface area contributed by atoms with Crippen LogP contribution in [0.3, 0.4) is 0 Å². The summed E-state index contributed by atoms with van der Waals surface area (Å²) in [4.78, 5) is 2.43. The molecule has 0 spiro atoms. The molecule has 1 saturated heterocycles. The highest BCUT2D eigenvalue weighted by molar-refractivity contribution is 6.32. The zero-order valence-corrected chi connectivity index (χ0v) is 11.0. The molecule has 17 heavy (non-hydrogen) atoms. The molecule has 0 atom stereocenters. The van der Waals surface area contributed by atoms with Crippen molar-refractivity contribution in [3.63, 3.8) is 0 Å². The number of halogens is 1. The Labute approximate surface area is 108 Å². The first-order chi connectivity index (χ1) is 8.29. The minimum absolute atomic E-state index is 0.650. The molecule has 0 saturated carbocycles. The minimum atomic E-state index is 0.650. The molecule has 0 aliphatic carbocycles. The highest BCUT2D eigenvalue weighted by atomic mass is 35.5. The lowest BCUT2D eigenvalue weighted by molar-refractivity contribution is 0.233. The highest BCUT2D eigenvalue weighted by Crippen LogP contribution is 2.25. The normalized spacial score (nSPS) is 17.1. The van der Waals surface area contributed by atoms with Gasteiger partial charge < -0.3 is 10.1 Å². The third kappa shape index (κ3) is 3.60. The van der Waals surface area contributed by atoms with Crippen molar-refractivity contribution in [2.24, 2.45) is 0 Å². The SMILES string of the molecule is CCOc1ccc(CN2CCNCC2)cc1Cl. The number of ether oxygens (including phenoxy) is 1. The molecule has 1 heterocycles. The molecule has 0 amide bonds. The maximum Gasteiger partial charge on any atom is 0.137 e. The molecular formula is C13H19ClN2O. The van der Waals surface area contributed by atoms with E-state index in [2.05, 4.69) is 16.3 Å². The molecule has 0 radical (unpaired) electrons. The summed E-state index contributed by atoms with van der Waals surface area (Å²) in [6.45, 7) is 7.93. The summed E-state index contributed by atoms with van der Waals surface area (Å²) in [5.74, 6) is 0.776. The molecule has 0 bridgehead atoms. The summed E-state index contributed by atoms with van der Waals surface area (Å²) in [6, 6.07) is 6.07. The van der Waals surface area contributed by atoms with E-state index in [-0.39, 0.29) is 0 Å². The number of rotatable bonds is 4. The summed E-state index contributed by atoms with van der Waals surface area (Å²) >= 11 is 6.17. The molecule has 2 rings (SSSR count). The number of piperazine rings is 1. The summed E-state index contributed by atoms with van der Waals surface area (Å²) in [7, 11) is 0. The Hall–Kier alpha value is -0.770. The highest BCUT2D eigenvalue weighted by Gasteiger charge is 2.10. The standard InChI is InChI=1S/C13H19ClN2O/c1-2-17-13-4-3-11(9-12(13)14)10-16-7-5-15-6-8-16/h3-4,9,15H,2,5-8,10H2,1H3. The van der Waals surface area contributed by atoms with Gasteiger partial charge in [-0.05, 0) is 24.6 Å². The van der Waals surface area contributed by atoms with Crippen LogP contribution in [0.1, 0.15) is 12.5 Å². The smallest absolute Gasteiger partial charge is 0.137 e. The third-order valence-corrected chi connectivity index (χ3v) is 3.21. The van der Waals surface area contributed by atoms with Gasteiger partial charge in [0.25, 0.3) is 0 Å². The Kier molecular flexibility index (Phi) is 4.66. The van der Waals surface area contributed by atoms with Crippen LogP contribution in [-0.2, 0) is 6.54 Å². The van der Waals surface area contributed by atoms with Gasteiger partial charge in [-0.25, -0.2) is 0 Å². The molecule has 94 valence electrons. The van der Waals surface area contributed by atoms with Gasteiger partial charge in [-0.2, -0.15) is 0 Å². The van der Waals surface area contributed by atoms with Gasteiger partial charge in [0.05, 0.1) is 11.6 Å². The van der Waals surface area contributed by atoms with Crippen molar-refractivity contribution in [3.05, 3.63) is 28.8 Å². The summed E-state index contributed by atoms with van der Waals surface area (Å²) in [5.41, 5.74) is 1.25. The fourth-order valence-electron chi connectivity index (χ4n) is 2.04. The molecule has 0 aromatic heterocycles. The molecule has 4 heteroatoms. The first-order valence-electron chi connectivity index (χ1n) is 6.14. The predicted octanol–water partition coefficient (Wildman–Crippen LogP) is 2.14. The Morgan fingerprint density at radius 2 is 2.12 bits per heavy atom. The van der Waals surface area contributed by atoms with E-state index in [9.17, 15) is 0 Å². The van der Waals surface area contributed by atoms with E-state index in [0.717, 1.165) is 38.5 Å². The molecule has 1 N–H and O–H groups in total. The molecule has 3 nitrogen and oxygen atoms in total. The number of hydrogen-bond donors (Lipinski definition) is 1. The summed E-state index contributed by atoms with van der Waals surface area (Å²) < 4.78 is 5.43. The molecule has 0 unspecified atom stereocenters. The quantitative estimate of drug-likeness (QED) is 0.891. The first kappa shape index (κ1) is 12.7. The largest absolute Gasteiger partial charge is 0.492 e. The second kappa shape index (κ2) is 6.24. The molecule has 1 aromatic rings. The summed E-state index contributed by atoms with van der Waals surface area (Å²) in [5, 5.41) is 4.06. The van der Waals surface area contributed by atoms with Crippen LogP contribution in [0.2, 0.25) is 5.02 Å². The van der Waals surface area contributed by atoms with E-state index in [0.29, 0.717) is 11.6 Å². The minimum Gasteiger partial charge on any atom is -0.492 e. The lowest BCUT2D eigenvalue weighted by atomic mass is 10.2. The number of nitrogens with one attached hydrogen (secondary N) is 1. The maximum atomic E-state index is 6.17. The van der Waals surface area contributed by atoms with Gasteiger partial charge in [-0.1, -0.05) is 17.7 Å². The molecule has 1 aliphatic heterocycles. The van der Waals surface area contributed by atoms with E-state index >= 15 is 0 Å². The van der Waals surface area contributed by atoms with Crippen molar-refractivity contribution >= 4 is 11.6 Å². The van der Waals surface area contributed by atoms with Gasteiger partial charge in [0.1, 0.15) is 5.75 Å². The zero-order chi connectivity index (χ0) is 12.1. The van der Waals surface area contributed by atoms with Gasteiger partial charge in [0, 0.05) is 32.7 Å². The van der Waals surface area contributed by atoms with Crippen molar-refractivity contribution in [2.75, 3.05) is 32.8 Å². The topological polar surface area (TPSA) is 24.5 Å². The van der Waals surface area contributed by atoms with Crippen LogP contribution >= 0.6 is 11.6 Å². The van der Waals surface area contributed by atoms with E-state index in [1.54, 1.807) is 0 Å². The number of nitrogens with zero attached hydrogens (tertiary/aromatic N) is 1. The number of benzene rings is 1. The van der Waals surface area contributed by atoms with Crippen molar-refractivity contribution in [2.45, 2.75) is 13.5 Å². The molecule has 1 aromatic carbocycles. The predicted molar refractivity (Wildman–Crippen MR) is 70.8 cm³/mol. The Morgan fingerprint density at radius 3 is 2.76 bits per heavy atom. The van der Waals surface area contributed by atoms with Gasteiger partial charge in [0.15, 0.2) is 0 Å². The van der Waals surface area contributed by atoms with Crippen molar-refractivity contribution in [3.8, 4) is 5.75 Å². The van der Waals surface area contributed by atoms with E-state index in [1.807, 2.05) is 19.1 Å². The van der Waals surface area contributed by atoms with Crippen molar-refractivity contribution < 1.29 is 4.74 Å². The monoisotopic (exact) mass is 254 g/mol. The number of hydrogen-bond acceptors (Lipinski definition) is 3. The first-order valence-corrected chi connectivity index (χ1v) is 6.51. The average molecular weight is 255 g/mol.